The van der Waals surface area contributed by atoms with Crippen molar-refractivity contribution >= 4 is 22.5 Å². The summed E-state index contributed by atoms with van der Waals surface area (Å²) < 4.78 is 12.4. The average molecular weight is 362 g/mol. The fourth-order valence-electron chi connectivity index (χ4n) is 2.90. The van der Waals surface area contributed by atoms with Crippen LogP contribution in [-0.2, 0) is 0 Å². The molecule has 2 heterocycles. The summed E-state index contributed by atoms with van der Waals surface area (Å²) in [6, 6.07) is 14.7. The molecule has 4 aromatic rings. The highest BCUT2D eigenvalue weighted by molar-refractivity contribution is 6.06. The van der Waals surface area contributed by atoms with Gasteiger partial charge >= 0.3 is 0 Å². The molecule has 0 spiro atoms. The van der Waals surface area contributed by atoms with E-state index in [2.05, 4.69) is 15.4 Å². The molecule has 0 unspecified atom stereocenters. The molecule has 0 aliphatic heterocycles. The van der Waals surface area contributed by atoms with Crippen LogP contribution in [0.15, 0.2) is 60.9 Å². The number of benzene rings is 2. The van der Waals surface area contributed by atoms with Gasteiger partial charge in [0.2, 0.25) is 0 Å². The van der Waals surface area contributed by atoms with Gasteiger partial charge < -0.3 is 19.8 Å². The summed E-state index contributed by atoms with van der Waals surface area (Å²) in [6.07, 6.45) is 3.58. The zero-order valence-electron chi connectivity index (χ0n) is 14.9. The molecule has 0 aliphatic carbocycles. The van der Waals surface area contributed by atoms with E-state index >= 15 is 0 Å². The van der Waals surface area contributed by atoms with E-state index in [0.29, 0.717) is 22.9 Å². The number of amides is 1. The molecule has 136 valence electrons. The van der Waals surface area contributed by atoms with Crippen LogP contribution >= 0.6 is 0 Å². The minimum atomic E-state index is -0.237. The first-order valence-corrected chi connectivity index (χ1v) is 8.34. The number of nitrogens with zero attached hydrogens (tertiary/aromatic N) is 2. The lowest BCUT2D eigenvalue weighted by Gasteiger charge is -2.06. The fourth-order valence-corrected chi connectivity index (χ4v) is 2.90. The van der Waals surface area contributed by atoms with Crippen LogP contribution in [0.4, 0.5) is 5.69 Å². The molecular weight excluding hydrogens is 344 g/mol. The van der Waals surface area contributed by atoms with Gasteiger partial charge in [0.25, 0.3) is 5.91 Å². The second-order valence-corrected chi connectivity index (χ2v) is 5.93. The Hall–Kier alpha value is -3.74. The highest BCUT2D eigenvalue weighted by atomic mass is 16.5. The predicted molar refractivity (Wildman–Crippen MR) is 103 cm³/mol. The number of H-pyrrole nitrogens is 1. The summed E-state index contributed by atoms with van der Waals surface area (Å²) in [5, 5.41) is 7.91. The molecule has 7 nitrogen and oxygen atoms in total. The van der Waals surface area contributed by atoms with E-state index in [-0.39, 0.29) is 5.91 Å². The lowest BCUT2D eigenvalue weighted by atomic mass is 10.2. The molecule has 1 amide bonds. The van der Waals surface area contributed by atoms with Gasteiger partial charge in [0.15, 0.2) is 0 Å². The van der Waals surface area contributed by atoms with Crippen LogP contribution in [-0.4, -0.2) is 34.9 Å². The van der Waals surface area contributed by atoms with Gasteiger partial charge in [0, 0.05) is 29.5 Å². The van der Waals surface area contributed by atoms with Crippen molar-refractivity contribution in [2.24, 2.45) is 0 Å². The largest absolute Gasteiger partial charge is 0.497 e. The summed E-state index contributed by atoms with van der Waals surface area (Å²) in [5.74, 6) is 1.05. The summed E-state index contributed by atoms with van der Waals surface area (Å²) in [5.41, 5.74) is 2.80. The zero-order chi connectivity index (χ0) is 18.8. The van der Waals surface area contributed by atoms with Crippen molar-refractivity contribution in [3.63, 3.8) is 0 Å². The molecule has 7 heteroatoms. The quantitative estimate of drug-likeness (QED) is 0.568. The van der Waals surface area contributed by atoms with Crippen molar-refractivity contribution in [1.82, 2.24) is 14.8 Å². The number of anilines is 1. The maximum absolute atomic E-state index is 12.6. The van der Waals surface area contributed by atoms with E-state index in [1.807, 2.05) is 42.6 Å². The average Bonchev–Trinajstić information content (AvgIpc) is 3.37. The van der Waals surface area contributed by atoms with Crippen LogP contribution in [0.1, 0.15) is 10.5 Å². The standard InChI is InChI=1S/C20H18N4O3/c1-26-16-10-13-11-17(23-19(13)18(12-16)27-2)20(25)22-14-4-6-15(7-5-14)24-9-3-8-21-24/h3-12,23H,1-2H3,(H,22,25). The van der Waals surface area contributed by atoms with E-state index in [9.17, 15) is 4.79 Å². The number of carbonyl (C=O) groups excluding carboxylic acids is 1. The SMILES string of the molecule is COc1cc(OC)c2[nH]c(C(=O)Nc3ccc(-n4cccn4)cc3)cc2c1. The first-order valence-electron chi connectivity index (χ1n) is 8.34. The van der Waals surface area contributed by atoms with E-state index in [1.54, 1.807) is 37.2 Å². The highest BCUT2D eigenvalue weighted by Gasteiger charge is 2.14. The Labute approximate surface area is 155 Å². The number of fused-ring (bicyclic) bond motifs is 1. The summed E-state index contributed by atoms with van der Waals surface area (Å²) >= 11 is 0. The first-order chi connectivity index (χ1) is 13.2. The lowest BCUT2D eigenvalue weighted by Crippen LogP contribution is -2.12. The highest BCUT2D eigenvalue weighted by Crippen LogP contribution is 2.31. The smallest absolute Gasteiger partial charge is 0.272 e. The Balaban J connectivity index is 1.57. The van der Waals surface area contributed by atoms with Crippen molar-refractivity contribution in [3.8, 4) is 17.2 Å². The Morgan fingerprint density at radius 2 is 1.93 bits per heavy atom. The topological polar surface area (TPSA) is 81.2 Å². The van der Waals surface area contributed by atoms with Gasteiger partial charge in [-0.25, -0.2) is 4.68 Å². The van der Waals surface area contributed by atoms with E-state index < -0.39 is 0 Å². The molecule has 0 aliphatic rings. The Morgan fingerprint density at radius 3 is 2.59 bits per heavy atom. The number of ether oxygens (including phenoxy) is 2. The summed E-state index contributed by atoms with van der Waals surface area (Å²) in [6.45, 7) is 0. The molecule has 0 fully saturated rings. The van der Waals surface area contributed by atoms with Crippen molar-refractivity contribution in [3.05, 3.63) is 66.6 Å². The molecule has 0 atom stereocenters. The van der Waals surface area contributed by atoms with Gasteiger partial charge in [-0.2, -0.15) is 5.10 Å². The molecule has 0 bridgehead atoms. The molecule has 0 saturated carbocycles. The van der Waals surface area contributed by atoms with Crippen LogP contribution in [0.3, 0.4) is 0 Å². The Bertz CT molecular complexity index is 1080. The van der Waals surface area contributed by atoms with Crippen LogP contribution in [0.2, 0.25) is 0 Å². The molecule has 2 aromatic heterocycles. The van der Waals surface area contributed by atoms with E-state index in [0.717, 1.165) is 16.6 Å². The van der Waals surface area contributed by atoms with E-state index in [4.69, 9.17) is 9.47 Å². The summed E-state index contributed by atoms with van der Waals surface area (Å²) in [4.78, 5) is 15.7. The number of hydrogen-bond donors (Lipinski definition) is 2. The lowest BCUT2D eigenvalue weighted by molar-refractivity contribution is 0.102. The molecule has 4 rings (SSSR count). The number of nitrogens with one attached hydrogen (secondary N) is 2. The van der Waals surface area contributed by atoms with Crippen molar-refractivity contribution in [2.45, 2.75) is 0 Å². The van der Waals surface area contributed by atoms with Crippen molar-refractivity contribution in [2.75, 3.05) is 19.5 Å². The third kappa shape index (κ3) is 3.22. The summed E-state index contributed by atoms with van der Waals surface area (Å²) in [7, 11) is 3.17. The fraction of sp³-hybridized carbons (Fsp3) is 0.100. The van der Waals surface area contributed by atoms with Crippen molar-refractivity contribution in [1.29, 1.82) is 0 Å². The zero-order valence-corrected chi connectivity index (χ0v) is 14.9. The van der Waals surface area contributed by atoms with Gasteiger partial charge in [-0.3, -0.25) is 4.79 Å². The monoisotopic (exact) mass is 362 g/mol. The number of carbonyl (C=O) groups is 1. The van der Waals surface area contributed by atoms with Crippen LogP contribution in [0.5, 0.6) is 11.5 Å². The third-order valence-electron chi connectivity index (χ3n) is 4.26. The molecule has 2 N–H and O–H groups in total. The minimum Gasteiger partial charge on any atom is -0.497 e. The number of hydrogen-bond acceptors (Lipinski definition) is 4. The maximum Gasteiger partial charge on any atom is 0.272 e. The Morgan fingerprint density at radius 1 is 1.11 bits per heavy atom. The molecule has 0 radical (unpaired) electrons. The third-order valence-corrected chi connectivity index (χ3v) is 4.26. The molecule has 27 heavy (non-hydrogen) atoms. The maximum atomic E-state index is 12.6. The number of aromatic amines is 1. The van der Waals surface area contributed by atoms with Crippen LogP contribution in [0, 0.1) is 0 Å². The van der Waals surface area contributed by atoms with Crippen LogP contribution in [0.25, 0.3) is 16.6 Å². The van der Waals surface area contributed by atoms with Gasteiger partial charge in [-0.1, -0.05) is 0 Å². The first kappa shape index (κ1) is 16.7. The van der Waals surface area contributed by atoms with Gasteiger partial charge in [-0.15, -0.1) is 0 Å². The second kappa shape index (κ2) is 6.87. The second-order valence-electron chi connectivity index (χ2n) is 5.93. The normalized spacial score (nSPS) is 10.7. The van der Waals surface area contributed by atoms with E-state index in [1.165, 1.54) is 0 Å². The number of methoxy groups -OCH3 is 2. The molecule has 2 aromatic carbocycles. The van der Waals surface area contributed by atoms with Gasteiger partial charge in [-0.05, 0) is 42.5 Å². The number of aromatic nitrogens is 3. The van der Waals surface area contributed by atoms with Gasteiger partial charge in [0.05, 0.1) is 25.4 Å². The minimum absolute atomic E-state index is 0.237. The predicted octanol–water partition coefficient (Wildman–Crippen LogP) is 3.62. The van der Waals surface area contributed by atoms with Crippen molar-refractivity contribution < 1.29 is 14.3 Å². The van der Waals surface area contributed by atoms with Crippen LogP contribution < -0.4 is 14.8 Å². The van der Waals surface area contributed by atoms with Gasteiger partial charge in [0.1, 0.15) is 17.2 Å². The molecular formula is C20H18N4O3. The molecule has 0 saturated heterocycles. The Kier molecular flexibility index (Phi) is 4.25. The number of rotatable bonds is 5.